The molecule has 3 heteroatoms. The lowest BCUT2D eigenvalue weighted by atomic mass is 9.81. The third-order valence-corrected chi connectivity index (χ3v) is 4.60. The lowest BCUT2D eigenvalue weighted by molar-refractivity contribution is 0.0827. The van der Waals surface area contributed by atoms with E-state index in [9.17, 15) is 0 Å². The number of nitrogens with one attached hydrogen (secondary N) is 1. The summed E-state index contributed by atoms with van der Waals surface area (Å²) in [5, 5.41) is 3.70. The van der Waals surface area contributed by atoms with Crippen LogP contribution in [-0.2, 0) is 4.74 Å². The van der Waals surface area contributed by atoms with Gasteiger partial charge in [-0.15, -0.1) is 0 Å². The van der Waals surface area contributed by atoms with Crippen molar-refractivity contribution in [2.24, 2.45) is 5.92 Å². The Bertz CT molecular complexity index is 641. The van der Waals surface area contributed by atoms with Gasteiger partial charge < -0.3 is 14.8 Å². The number of anilines is 1. The first-order valence-corrected chi connectivity index (χ1v) is 7.48. The summed E-state index contributed by atoms with van der Waals surface area (Å²) in [6.45, 7) is 0.830. The van der Waals surface area contributed by atoms with Gasteiger partial charge in [-0.2, -0.15) is 0 Å². The molecular formula is C18H19NO2. The number of ether oxygens (including phenoxy) is 2. The van der Waals surface area contributed by atoms with Crippen LogP contribution in [0.5, 0.6) is 5.75 Å². The van der Waals surface area contributed by atoms with Crippen LogP contribution in [0.3, 0.4) is 0 Å². The zero-order valence-corrected chi connectivity index (χ0v) is 12.1. The predicted octanol–water partition coefficient (Wildman–Crippen LogP) is 3.94. The van der Waals surface area contributed by atoms with Crippen molar-refractivity contribution >= 4 is 5.69 Å². The third-order valence-electron chi connectivity index (χ3n) is 4.60. The van der Waals surface area contributed by atoms with Crippen LogP contribution in [-0.4, -0.2) is 13.7 Å². The van der Waals surface area contributed by atoms with Gasteiger partial charge in [-0.3, -0.25) is 0 Å². The van der Waals surface area contributed by atoms with Crippen molar-refractivity contribution in [2.75, 3.05) is 19.0 Å². The molecule has 1 N–H and O–H groups in total. The molecule has 0 aliphatic carbocycles. The number of hydrogen-bond donors (Lipinski definition) is 1. The maximum atomic E-state index is 6.04. The average molecular weight is 281 g/mol. The lowest BCUT2D eigenvalue weighted by Gasteiger charge is -2.36. The Kier molecular flexibility index (Phi) is 3.08. The molecule has 2 heterocycles. The summed E-state index contributed by atoms with van der Waals surface area (Å²) < 4.78 is 11.4. The number of rotatable bonds is 2. The van der Waals surface area contributed by atoms with E-state index in [1.807, 2.05) is 6.07 Å². The van der Waals surface area contributed by atoms with E-state index in [-0.39, 0.29) is 6.10 Å². The van der Waals surface area contributed by atoms with E-state index < -0.39 is 0 Å². The fourth-order valence-electron chi connectivity index (χ4n) is 3.57. The molecule has 2 aromatic rings. The Balaban J connectivity index is 1.77. The van der Waals surface area contributed by atoms with E-state index in [0.717, 1.165) is 24.5 Å². The number of fused-ring (bicyclic) bond motifs is 3. The smallest absolute Gasteiger partial charge is 0.119 e. The van der Waals surface area contributed by atoms with Gasteiger partial charge in [0.1, 0.15) is 5.75 Å². The van der Waals surface area contributed by atoms with Crippen molar-refractivity contribution in [1.29, 1.82) is 0 Å². The molecule has 1 saturated heterocycles. The Morgan fingerprint density at radius 2 is 2.00 bits per heavy atom. The highest BCUT2D eigenvalue weighted by Crippen LogP contribution is 2.50. The molecule has 3 unspecified atom stereocenters. The molecule has 4 rings (SSSR count). The Hall–Kier alpha value is -2.00. The highest BCUT2D eigenvalue weighted by Gasteiger charge is 2.41. The van der Waals surface area contributed by atoms with Crippen LogP contribution < -0.4 is 10.1 Å². The first kappa shape index (κ1) is 12.7. The average Bonchev–Trinajstić information content (AvgIpc) is 3.04. The minimum Gasteiger partial charge on any atom is -0.497 e. The second-order valence-corrected chi connectivity index (χ2v) is 5.73. The van der Waals surface area contributed by atoms with E-state index in [2.05, 4.69) is 47.8 Å². The van der Waals surface area contributed by atoms with Gasteiger partial charge in [-0.1, -0.05) is 30.3 Å². The maximum Gasteiger partial charge on any atom is 0.119 e. The summed E-state index contributed by atoms with van der Waals surface area (Å²) in [4.78, 5) is 0. The van der Waals surface area contributed by atoms with E-state index in [1.165, 1.54) is 11.1 Å². The van der Waals surface area contributed by atoms with Crippen LogP contribution in [0.4, 0.5) is 5.69 Å². The summed E-state index contributed by atoms with van der Waals surface area (Å²) in [7, 11) is 1.71. The van der Waals surface area contributed by atoms with E-state index >= 15 is 0 Å². The molecule has 0 amide bonds. The van der Waals surface area contributed by atoms with Crippen molar-refractivity contribution in [2.45, 2.75) is 18.6 Å². The number of methoxy groups -OCH3 is 1. The molecule has 3 atom stereocenters. The minimum atomic E-state index is 0.168. The first-order chi connectivity index (χ1) is 10.4. The molecule has 0 radical (unpaired) electrons. The molecule has 21 heavy (non-hydrogen) atoms. The molecule has 0 spiro atoms. The molecule has 2 aliphatic rings. The quantitative estimate of drug-likeness (QED) is 0.904. The summed E-state index contributed by atoms with van der Waals surface area (Å²) in [5.41, 5.74) is 3.72. The van der Waals surface area contributed by atoms with Gasteiger partial charge >= 0.3 is 0 Å². The third kappa shape index (κ3) is 2.09. The molecular weight excluding hydrogens is 262 g/mol. The zero-order chi connectivity index (χ0) is 14.2. The standard InChI is InChI=1S/C18H19NO2/c1-20-13-7-8-16-15(11-13)18-14(9-10-21-18)17(19-16)12-5-3-2-4-6-12/h2-8,11,14,17-19H,9-10H2,1H3. The van der Waals surface area contributed by atoms with Crippen LogP contribution in [0, 0.1) is 5.92 Å². The Morgan fingerprint density at radius 3 is 2.81 bits per heavy atom. The molecule has 1 fully saturated rings. The van der Waals surface area contributed by atoms with Gasteiger partial charge in [0.25, 0.3) is 0 Å². The monoisotopic (exact) mass is 281 g/mol. The number of benzene rings is 2. The van der Waals surface area contributed by atoms with Crippen molar-refractivity contribution < 1.29 is 9.47 Å². The van der Waals surface area contributed by atoms with Gasteiger partial charge in [0.05, 0.1) is 19.3 Å². The zero-order valence-electron chi connectivity index (χ0n) is 12.1. The lowest BCUT2D eigenvalue weighted by Crippen LogP contribution is -2.29. The second-order valence-electron chi connectivity index (χ2n) is 5.73. The first-order valence-electron chi connectivity index (χ1n) is 7.48. The minimum absolute atomic E-state index is 0.168. The molecule has 108 valence electrons. The highest BCUT2D eigenvalue weighted by atomic mass is 16.5. The van der Waals surface area contributed by atoms with Crippen molar-refractivity contribution in [3.8, 4) is 5.75 Å². The van der Waals surface area contributed by atoms with Gasteiger partial charge in [0, 0.05) is 23.8 Å². The summed E-state index contributed by atoms with van der Waals surface area (Å²) in [5.74, 6) is 1.37. The Labute approximate surface area is 124 Å². The largest absolute Gasteiger partial charge is 0.497 e. The van der Waals surface area contributed by atoms with Gasteiger partial charge in [0.2, 0.25) is 0 Å². The van der Waals surface area contributed by atoms with Crippen LogP contribution in [0.25, 0.3) is 0 Å². The molecule has 3 nitrogen and oxygen atoms in total. The van der Waals surface area contributed by atoms with Crippen LogP contribution in [0.2, 0.25) is 0 Å². The SMILES string of the molecule is COc1ccc2c(c1)C1OCCC1C(c1ccccc1)N2. The van der Waals surface area contributed by atoms with Crippen LogP contribution in [0.1, 0.15) is 29.7 Å². The Morgan fingerprint density at radius 1 is 1.14 bits per heavy atom. The highest BCUT2D eigenvalue weighted by molar-refractivity contribution is 5.59. The second kappa shape index (κ2) is 5.08. The van der Waals surface area contributed by atoms with Crippen molar-refractivity contribution in [3.05, 3.63) is 59.7 Å². The van der Waals surface area contributed by atoms with Crippen LogP contribution in [0.15, 0.2) is 48.5 Å². The van der Waals surface area contributed by atoms with E-state index in [1.54, 1.807) is 7.11 Å². The molecule has 2 aromatic carbocycles. The van der Waals surface area contributed by atoms with Crippen molar-refractivity contribution in [1.82, 2.24) is 0 Å². The predicted molar refractivity (Wildman–Crippen MR) is 82.6 cm³/mol. The summed E-state index contributed by atoms with van der Waals surface area (Å²) >= 11 is 0. The maximum absolute atomic E-state index is 6.04. The normalized spacial score (nSPS) is 26.6. The fraction of sp³-hybridized carbons (Fsp3) is 0.333. The molecule has 0 aromatic heterocycles. The molecule has 0 saturated carbocycles. The summed E-state index contributed by atoms with van der Waals surface area (Å²) in [6.07, 6.45) is 1.26. The summed E-state index contributed by atoms with van der Waals surface area (Å²) in [6, 6.07) is 17.2. The number of hydrogen-bond acceptors (Lipinski definition) is 3. The van der Waals surface area contributed by atoms with Gasteiger partial charge in [0.15, 0.2) is 0 Å². The topological polar surface area (TPSA) is 30.5 Å². The van der Waals surface area contributed by atoms with Gasteiger partial charge in [-0.25, -0.2) is 0 Å². The molecule has 2 aliphatic heterocycles. The van der Waals surface area contributed by atoms with Gasteiger partial charge in [-0.05, 0) is 30.2 Å². The van der Waals surface area contributed by atoms with E-state index in [4.69, 9.17) is 9.47 Å². The van der Waals surface area contributed by atoms with Crippen molar-refractivity contribution in [3.63, 3.8) is 0 Å². The molecule has 0 bridgehead atoms. The fourth-order valence-corrected chi connectivity index (χ4v) is 3.57. The van der Waals surface area contributed by atoms with E-state index in [0.29, 0.717) is 12.0 Å². The van der Waals surface area contributed by atoms with Crippen LogP contribution >= 0.6 is 0 Å².